The summed E-state index contributed by atoms with van der Waals surface area (Å²) in [5.74, 6) is -0.642. The van der Waals surface area contributed by atoms with Crippen LogP contribution < -0.4 is 10.1 Å². The fourth-order valence-corrected chi connectivity index (χ4v) is 4.29. The third-order valence-corrected chi connectivity index (χ3v) is 5.83. The second-order valence-electron chi connectivity index (χ2n) is 8.14. The van der Waals surface area contributed by atoms with E-state index in [2.05, 4.69) is 10.1 Å². The molecule has 35 heavy (non-hydrogen) atoms. The van der Waals surface area contributed by atoms with E-state index in [0.717, 1.165) is 10.9 Å². The lowest BCUT2D eigenvalue weighted by Crippen LogP contribution is -2.54. The molecule has 0 fully saturated rings. The summed E-state index contributed by atoms with van der Waals surface area (Å²) < 4.78 is 49.1. The number of rotatable bonds is 6. The average molecular weight is 483 g/mol. The van der Waals surface area contributed by atoms with Crippen molar-refractivity contribution >= 4 is 22.7 Å². The van der Waals surface area contributed by atoms with Crippen LogP contribution in [0.15, 0.2) is 77.4 Å². The number of aromatic nitrogens is 1. The predicted octanol–water partition coefficient (Wildman–Crippen LogP) is 4.47. The predicted molar refractivity (Wildman–Crippen MR) is 119 cm³/mol. The minimum Gasteiger partial charge on any atom is -0.467 e. The van der Waals surface area contributed by atoms with Crippen LogP contribution in [-0.4, -0.2) is 33.7 Å². The SMILES string of the molecule is O=C(NCc1ccco1)[C@@H]1Cn2c(cc3ccccc32)C(=O)N1Cc1cccc(OC(F)(F)F)c1. The first kappa shape index (κ1) is 22.6. The number of ether oxygens (including phenoxy) is 1. The highest BCUT2D eigenvalue weighted by Crippen LogP contribution is 2.29. The summed E-state index contributed by atoms with van der Waals surface area (Å²) >= 11 is 0. The molecule has 7 nitrogen and oxygen atoms in total. The molecule has 2 amide bonds. The van der Waals surface area contributed by atoms with Crippen LogP contribution >= 0.6 is 0 Å². The molecule has 0 bridgehead atoms. The average Bonchev–Trinajstić information content (AvgIpc) is 3.46. The molecule has 2 aromatic heterocycles. The van der Waals surface area contributed by atoms with Crippen molar-refractivity contribution in [2.24, 2.45) is 0 Å². The van der Waals surface area contributed by atoms with E-state index in [1.54, 1.807) is 28.8 Å². The van der Waals surface area contributed by atoms with E-state index in [0.29, 0.717) is 17.0 Å². The lowest BCUT2D eigenvalue weighted by atomic mass is 10.1. The van der Waals surface area contributed by atoms with E-state index in [9.17, 15) is 22.8 Å². The van der Waals surface area contributed by atoms with Crippen molar-refractivity contribution in [2.75, 3.05) is 0 Å². The van der Waals surface area contributed by atoms with Crippen molar-refractivity contribution in [1.29, 1.82) is 0 Å². The summed E-state index contributed by atoms with van der Waals surface area (Å²) in [6.07, 6.45) is -3.35. The fraction of sp³-hybridized carbons (Fsp3) is 0.200. The third-order valence-electron chi connectivity index (χ3n) is 5.83. The molecule has 1 aliphatic heterocycles. The van der Waals surface area contributed by atoms with Crippen molar-refractivity contribution in [3.05, 3.63) is 90.0 Å². The molecule has 1 N–H and O–H groups in total. The Hall–Kier alpha value is -4.21. The number of fused-ring (bicyclic) bond motifs is 3. The number of nitrogens with zero attached hydrogens (tertiary/aromatic N) is 2. The molecule has 0 saturated carbocycles. The normalized spacial score (nSPS) is 15.8. The maximum atomic E-state index is 13.5. The van der Waals surface area contributed by atoms with Gasteiger partial charge in [0.1, 0.15) is 23.2 Å². The quantitative estimate of drug-likeness (QED) is 0.439. The van der Waals surface area contributed by atoms with Gasteiger partial charge in [0.25, 0.3) is 5.91 Å². The summed E-state index contributed by atoms with van der Waals surface area (Å²) in [5, 5.41) is 3.65. The minimum absolute atomic E-state index is 0.0751. The number of benzene rings is 2. The van der Waals surface area contributed by atoms with Crippen molar-refractivity contribution in [3.63, 3.8) is 0 Å². The zero-order valence-electron chi connectivity index (χ0n) is 18.3. The van der Waals surface area contributed by atoms with E-state index in [1.165, 1.54) is 29.4 Å². The maximum Gasteiger partial charge on any atom is 0.573 e. The molecule has 0 radical (unpaired) electrons. The van der Waals surface area contributed by atoms with Crippen LogP contribution in [-0.2, 0) is 24.4 Å². The molecule has 1 aliphatic rings. The second kappa shape index (κ2) is 8.86. The van der Waals surface area contributed by atoms with Crippen LogP contribution in [0.25, 0.3) is 10.9 Å². The topological polar surface area (TPSA) is 76.7 Å². The van der Waals surface area contributed by atoms with Crippen LogP contribution in [0.2, 0.25) is 0 Å². The molecule has 5 rings (SSSR count). The first-order valence-electron chi connectivity index (χ1n) is 10.8. The van der Waals surface area contributed by atoms with Crippen molar-refractivity contribution in [2.45, 2.75) is 32.0 Å². The number of para-hydroxylation sites is 1. The number of hydrogen-bond donors (Lipinski definition) is 1. The molecule has 4 aromatic rings. The van der Waals surface area contributed by atoms with Gasteiger partial charge in [-0.15, -0.1) is 13.2 Å². The number of furan rings is 1. The zero-order valence-corrected chi connectivity index (χ0v) is 18.3. The highest BCUT2D eigenvalue weighted by Gasteiger charge is 2.38. The van der Waals surface area contributed by atoms with Crippen LogP contribution in [0, 0.1) is 0 Å². The van der Waals surface area contributed by atoms with Crippen molar-refractivity contribution in [3.8, 4) is 5.75 Å². The van der Waals surface area contributed by atoms with Gasteiger partial charge in [-0.25, -0.2) is 0 Å². The van der Waals surface area contributed by atoms with Gasteiger partial charge >= 0.3 is 6.36 Å². The summed E-state index contributed by atoms with van der Waals surface area (Å²) in [4.78, 5) is 28.1. The smallest absolute Gasteiger partial charge is 0.467 e. The molecule has 1 atom stereocenters. The molecular weight excluding hydrogens is 463 g/mol. The molecular formula is C25H20F3N3O4. The van der Waals surface area contributed by atoms with Gasteiger partial charge in [-0.3, -0.25) is 9.59 Å². The number of carbonyl (C=O) groups is 2. The van der Waals surface area contributed by atoms with E-state index >= 15 is 0 Å². The standard InChI is InChI=1S/C25H20F3N3O4/c26-25(27,28)35-18-7-3-5-16(11-18)14-31-22(23(32)29-13-19-8-4-10-34-19)15-30-20-9-2-1-6-17(20)12-21(30)24(31)33/h1-12,22H,13-15H2,(H,29,32)/t22-/m0/s1. The van der Waals surface area contributed by atoms with Gasteiger partial charge < -0.3 is 23.9 Å². The Morgan fingerprint density at radius 3 is 2.69 bits per heavy atom. The third kappa shape index (κ3) is 4.72. The lowest BCUT2D eigenvalue weighted by Gasteiger charge is -2.36. The van der Waals surface area contributed by atoms with Gasteiger partial charge in [-0.2, -0.15) is 0 Å². The largest absolute Gasteiger partial charge is 0.573 e. The lowest BCUT2D eigenvalue weighted by molar-refractivity contribution is -0.274. The van der Waals surface area contributed by atoms with Crippen molar-refractivity contribution < 1.29 is 31.9 Å². The van der Waals surface area contributed by atoms with Gasteiger partial charge in [-0.05, 0) is 42.0 Å². The molecule has 0 aliphatic carbocycles. The van der Waals surface area contributed by atoms with E-state index in [4.69, 9.17) is 4.42 Å². The number of carbonyl (C=O) groups excluding carboxylic acids is 2. The number of alkyl halides is 3. The van der Waals surface area contributed by atoms with Crippen molar-refractivity contribution in [1.82, 2.24) is 14.8 Å². The molecule has 0 spiro atoms. The van der Waals surface area contributed by atoms with Gasteiger partial charge in [0.05, 0.1) is 19.4 Å². The Morgan fingerprint density at radius 2 is 1.91 bits per heavy atom. The van der Waals surface area contributed by atoms with Crippen LogP contribution in [0.1, 0.15) is 21.8 Å². The minimum atomic E-state index is -4.84. The van der Waals surface area contributed by atoms with Gasteiger partial charge in [-0.1, -0.05) is 30.3 Å². The van der Waals surface area contributed by atoms with Crippen LogP contribution in [0.4, 0.5) is 13.2 Å². The molecule has 3 heterocycles. The number of nitrogens with one attached hydrogen (secondary N) is 1. The molecule has 0 saturated heterocycles. The first-order chi connectivity index (χ1) is 16.8. The van der Waals surface area contributed by atoms with Gasteiger partial charge in [0.15, 0.2) is 0 Å². The Kier molecular flexibility index (Phi) is 5.72. The summed E-state index contributed by atoms with van der Waals surface area (Å²) in [6, 6.07) is 17.1. The highest BCUT2D eigenvalue weighted by molar-refractivity contribution is 6.02. The Labute approximate surface area is 197 Å². The Morgan fingerprint density at radius 1 is 1.09 bits per heavy atom. The fourth-order valence-electron chi connectivity index (χ4n) is 4.29. The summed E-state index contributed by atoms with van der Waals surface area (Å²) in [7, 11) is 0. The zero-order chi connectivity index (χ0) is 24.6. The van der Waals surface area contributed by atoms with Gasteiger partial charge in [0, 0.05) is 17.4 Å². The first-order valence-corrected chi connectivity index (χ1v) is 10.8. The Balaban J connectivity index is 1.47. The van der Waals surface area contributed by atoms with Crippen LogP contribution in [0.5, 0.6) is 5.75 Å². The Bertz CT molecular complexity index is 1380. The second-order valence-corrected chi connectivity index (χ2v) is 8.14. The molecule has 0 unspecified atom stereocenters. The highest BCUT2D eigenvalue weighted by atomic mass is 19.4. The van der Waals surface area contributed by atoms with Gasteiger partial charge in [0.2, 0.25) is 5.91 Å². The summed E-state index contributed by atoms with van der Waals surface area (Å²) in [5.41, 5.74) is 1.62. The van der Waals surface area contributed by atoms with E-state index < -0.39 is 30.0 Å². The van der Waals surface area contributed by atoms with Crippen LogP contribution in [0.3, 0.4) is 0 Å². The molecule has 10 heteroatoms. The number of halogens is 3. The number of hydrogen-bond acceptors (Lipinski definition) is 4. The molecule has 2 aromatic carbocycles. The monoisotopic (exact) mass is 483 g/mol. The van der Waals surface area contributed by atoms with E-state index in [-0.39, 0.29) is 19.6 Å². The maximum absolute atomic E-state index is 13.5. The summed E-state index contributed by atoms with van der Waals surface area (Å²) in [6.45, 7) is 0.254. The number of amides is 2. The van der Waals surface area contributed by atoms with E-state index in [1.807, 2.05) is 24.3 Å². The molecule has 180 valence electrons.